The zero-order valence-corrected chi connectivity index (χ0v) is 18.9. The largest absolute Gasteiger partial charge is 0.385 e. The van der Waals surface area contributed by atoms with E-state index in [0.717, 1.165) is 6.42 Å². The molecule has 1 aliphatic heterocycles. The second kappa shape index (κ2) is 11.1. The summed E-state index contributed by atoms with van der Waals surface area (Å²) in [6.07, 6.45) is 1.97. The van der Waals surface area contributed by atoms with E-state index in [1.54, 1.807) is 48.4 Å². The summed E-state index contributed by atoms with van der Waals surface area (Å²) in [5, 5.41) is 2.92. The van der Waals surface area contributed by atoms with Gasteiger partial charge in [-0.1, -0.05) is 24.3 Å². The predicted octanol–water partition coefficient (Wildman–Crippen LogP) is 2.49. The first-order valence-electron chi connectivity index (χ1n) is 10.6. The molecule has 1 fully saturated rings. The Balaban J connectivity index is 1.57. The van der Waals surface area contributed by atoms with E-state index in [1.165, 1.54) is 18.2 Å². The molecule has 0 atom stereocenters. The van der Waals surface area contributed by atoms with Crippen LogP contribution >= 0.6 is 0 Å². The highest BCUT2D eigenvalue weighted by atomic mass is 32.2. The van der Waals surface area contributed by atoms with E-state index in [1.807, 2.05) is 0 Å². The first-order chi connectivity index (χ1) is 15.4. The minimum Gasteiger partial charge on any atom is -0.385 e. The Kier molecular flexibility index (Phi) is 8.24. The lowest BCUT2D eigenvalue weighted by Crippen LogP contribution is -2.43. The number of piperidine rings is 1. The van der Waals surface area contributed by atoms with Crippen molar-refractivity contribution in [1.82, 2.24) is 10.2 Å². The number of ether oxygens (including phenoxy) is 1. The lowest BCUT2D eigenvalue weighted by atomic mass is 9.95. The maximum absolute atomic E-state index is 12.9. The molecule has 172 valence electrons. The molecule has 1 heterocycles. The number of anilines is 1. The predicted molar refractivity (Wildman–Crippen MR) is 122 cm³/mol. The molecular formula is C23H29N3O5S. The number of benzene rings is 2. The summed E-state index contributed by atoms with van der Waals surface area (Å²) in [5.41, 5.74) is 0.728. The summed E-state index contributed by atoms with van der Waals surface area (Å²) in [7, 11) is -2.11. The molecule has 0 bridgehead atoms. The van der Waals surface area contributed by atoms with Gasteiger partial charge in [0.2, 0.25) is 5.91 Å². The average Bonchev–Trinajstić information content (AvgIpc) is 2.82. The fraction of sp³-hybridized carbons (Fsp3) is 0.391. The van der Waals surface area contributed by atoms with Gasteiger partial charge < -0.3 is 15.0 Å². The van der Waals surface area contributed by atoms with E-state index >= 15 is 0 Å². The van der Waals surface area contributed by atoms with Gasteiger partial charge in [-0.05, 0) is 49.6 Å². The molecule has 8 nitrogen and oxygen atoms in total. The maximum Gasteiger partial charge on any atom is 0.261 e. The quantitative estimate of drug-likeness (QED) is 0.561. The monoisotopic (exact) mass is 459 g/mol. The first-order valence-corrected chi connectivity index (χ1v) is 12.1. The number of amides is 2. The molecule has 1 saturated heterocycles. The molecule has 9 heteroatoms. The highest BCUT2D eigenvalue weighted by molar-refractivity contribution is 7.92. The number of rotatable bonds is 9. The normalized spacial score (nSPS) is 14.7. The molecule has 0 spiro atoms. The number of nitrogens with one attached hydrogen (secondary N) is 2. The first kappa shape index (κ1) is 23.7. The third-order valence-corrected chi connectivity index (χ3v) is 6.79. The molecule has 2 aromatic carbocycles. The van der Waals surface area contributed by atoms with E-state index in [0.29, 0.717) is 50.3 Å². The van der Waals surface area contributed by atoms with Crippen molar-refractivity contribution in [1.29, 1.82) is 0 Å². The molecular weight excluding hydrogens is 430 g/mol. The summed E-state index contributed by atoms with van der Waals surface area (Å²) in [5.74, 6) is -0.263. The Morgan fingerprint density at radius 3 is 2.47 bits per heavy atom. The smallest absolute Gasteiger partial charge is 0.261 e. The van der Waals surface area contributed by atoms with E-state index in [2.05, 4.69) is 10.0 Å². The van der Waals surface area contributed by atoms with Crippen LogP contribution in [0.15, 0.2) is 59.5 Å². The lowest BCUT2D eigenvalue weighted by molar-refractivity contribution is -0.126. The van der Waals surface area contributed by atoms with Gasteiger partial charge in [-0.15, -0.1) is 0 Å². The molecule has 0 radical (unpaired) electrons. The van der Waals surface area contributed by atoms with Gasteiger partial charge in [-0.3, -0.25) is 14.3 Å². The Bertz CT molecular complexity index is 1020. The number of nitrogens with zero attached hydrogens (tertiary/aromatic N) is 1. The van der Waals surface area contributed by atoms with Crippen LogP contribution in [-0.2, 0) is 19.6 Å². The molecule has 32 heavy (non-hydrogen) atoms. The third-order valence-electron chi connectivity index (χ3n) is 5.39. The fourth-order valence-corrected chi connectivity index (χ4v) is 4.70. The van der Waals surface area contributed by atoms with Crippen LogP contribution in [0.5, 0.6) is 0 Å². The van der Waals surface area contributed by atoms with Gasteiger partial charge >= 0.3 is 0 Å². The van der Waals surface area contributed by atoms with Crippen molar-refractivity contribution < 1.29 is 22.7 Å². The van der Waals surface area contributed by atoms with Crippen LogP contribution in [0.3, 0.4) is 0 Å². The zero-order chi connectivity index (χ0) is 23.0. The van der Waals surface area contributed by atoms with E-state index in [4.69, 9.17) is 4.74 Å². The molecule has 1 aliphatic rings. The van der Waals surface area contributed by atoms with E-state index in [9.17, 15) is 18.0 Å². The number of methoxy groups -OCH3 is 1. The molecule has 2 aromatic rings. The van der Waals surface area contributed by atoms with Gasteiger partial charge in [0.25, 0.3) is 15.9 Å². The molecule has 2 amide bonds. The van der Waals surface area contributed by atoms with E-state index in [-0.39, 0.29) is 22.6 Å². The molecule has 2 N–H and O–H groups in total. The van der Waals surface area contributed by atoms with Gasteiger partial charge in [-0.25, -0.2) is 8.42 Å². The maximum atomic E-state index is 12.9. The van der Waals surface area contributed by atoms with Crippen LogP contribution in [0.2, 0.25) is 0 Å². The topological polar surface area (TPSA) is 105 Å². The van der Waals surface area contributed by atoms with Crippen molar-refractivity contribution in [3.63, 3.8) is 0 Å². The van der Waals surface area contributed by atoms with Gasteiger partial charge in [0.05, 0.1) is 4.90 Å². The van der Waals surface area contributed by atoms with Crippen molar-refractivity contribution in [2.75, 3.05) is 38.1 Å². The summed E-state index contributed by atoms with van der Waals surface area (Å²) < 4.78 is 32.6. The Morgan fingerprint density at radius 1 is 1.06 bits per heavy atom. The average molecular weight is 460 g/mol. The SMILES string of the molecule is COCCCNC(=O)C1CCN(C(=O)c2cccc(NS(=O)(=O)c3ccccc3)c2)CC1. The summed E-state index contributed by atoms with van der Waals surface area (Å²) in [6, 6.07) is 14.5. The fourth-order valence-electron chi connectivity index (χ4n) is 3.63. The Hall–Kier alpha value is -2.91. The molecule has 0 aromatic heterocycles. The van der Waals surface area contributed by atoms with Crippen molar-refractivity contribution in [3.8, 4) is 0 Å². The van der Waals surface area contributed by atoms with Gasteiger partial charge in [0, 0.05) is 50.5 Å². The number of carbonyl (C=O) groups is 2. The minimum atomic E-state index is -3.74. The van der Waals surface area contributed by atoms with E-state index < -0.39 is 10.0 Å². The highest BCUT2D eigenvalue weighted by Crippen LogP contribution is 2.22. The number of likely N-dealkylation sites (tertiary alicyclic amines) is 1. The van der Waals surface area contributed by atoms with Crippen LogP contribution in [0.4, 0.5) is 5.69 Å². The zero-order valence-electron chi connectivity index (χ0n) is 18.1. The van der Waals surface area contributed by atoms with Crippen LogP contribution in [-0.4, -0.2) is 58.5 Å². The van der Waals surface area contributed by atoms with Gasteiger partial charge in [0.15, 0.2) is 0 Å². The van der Waals surface area contributed by atoms with Crippen molar-refractivity contribution in [2.24, 2.45) is 5.92 Å². The number of hydrogen-bond donors (Lipinski definition) is 2. The van der Waals surface area contributed by atoms with Crippen LogP contribution < -0.4 is 10.0 Å². The Labute approximate surface area is 189 Å². The number of hydrogen-bond acceptors (Lipinski definition) is 5. The molecule has 0 aliphatic carbocycles. The molecule has 0 unspecified atom stereocenters. The standard InChI is InChI=1S/C23H29N3O5S/c1-31-16-6-13-24-22(27)18-11-14-26(15-12-18)23(28)19-7-5-8-20(17-19)25-32(29,30)21-9-3-2-4-10-21/h2-5,7-10,17-18,25H,6,11-16H2,1H3,(H,24,27). The van der Waals surface area contributed by atoms with Crippen molar-refractivity contribution >= 4 is 27.5 Å². The molecule has 0 saturated carbocycles. The lowest BCUT2D eigenvalue weighted by Gasteiger charge is -2.31. The summed E-state index contributed by atoms with van der Waals surface area (Å²) in [4.78, 5) is 27.1. The summed E-state index contributed by atoms with van der Waals surface area (Å²) in [6.45, 7) is 2.15. The van der Waals surface area contributed by atoms with Crippen LogP contribution in [0.1, 0.15) is 29.6 Å². The summed E-state index contributed by atoms with van der Waals surface area (Å²) >= 11 is 0. The van der Waals surface area contributed by atoms with Crippen molar-refractivity contribution in [3.05, 3.63) is 60.2 Å². The van der Waals surface area contributed by atoms with Gasteiger partial charge in [0.1, 0.15) is 0 Å². The second-order valence-corrected chi connectivity index (χ2v) is 9.39. The second-order valence-electron chi connectivity index (χ2n) is 7.70. The Morgan fingerprint density at radius 2 is 1.78 bits per heavy atom. The van der Waals surface area contributed by atoms with Crippen molar-refractivity contribution in [2.45, 2.75) is 24.2 Å². The number of carbonyl (C=O) groups excluding carboxylic acids is 2. The number of sulfonamides is 1. The third kappa shape index (κ3) is 6.30. The van der Waals surface area contributed by atoms with Crippen LogP contribution in [0, 0.1) is 5.92 Å². The minimum absolute atomic E-state index is 0.0190. The van der Waals surface area contributed by atoms with Crippen LogP contribution in [0.25, 0.3) is 0 Å². The molecule has 3 rings (SSSR count). The van der Waals surface area contributed by atoms with Gasteiger partial charge in [-0.2, -0.15) is 0 Å². The highest BCUT2D eigenvalue weighted by Gasteiger charge is 2.28.